The van der Waals surface area contributed by atoms with Crippen LogP contribution in [0.2, 0.25) is 0 Å². The third-order valence-electron chi connectivity index (χ3n) is 0. The summed E-state index contributed by atoms with van der Waals surface area (Å²) in [5, 5.41) is 0. The Morgan fingerprint density at radius 1 is 0.900 bits per heavy atom. The number of hydrogen-bond acceptors (Lipinski definition) is 1. The molecular weight excluding hydrogens is 295 g/mol. The van der Waals surface area contributed by atoms with E-state index in [1.807, 2.05) is 0 Å². The van der Waals surface area contributed by atoms with Crippen LogP contribution in [0, 0.1) is 0 Å². The van der Waals surface area contributed by atoms with Crippen LogP contribution in [0.1, 0.15) is 0 Å². The van der Waals surface area contributed by atoms with Crippen LogP contribution in [0.25, 0.3) is 0 Å². The molecule has 0 aliphatic heterocycles. The molecule has 0 rings (SSSR count). The predicted molar refractivity (Wildman–Crippen MR) is 21.0 cm³/mol. The summed E-state index contributed by atoms with van der Waals surface area (Å²) in [5.41, 5.74) is 0. The van der Waals surface area contributed by atoms with E-state index in [0.717, 1.165) is 0 Å². The van der Waals surface area contributed by atoms with Crippen molar-refractivity contribution in [2.24, 2.45) is 0 Å². The molecule has 0 aromatic heterocycles. The molecule has 0 unspecified atom stereocenters. The molecule has 4 N–H and O–H groups in total. The summed E-state index contributed by atoms with van der Waals surface area (Å²) >= 11 is -2.64. The van der Waals surface area contributed by atoms with Gasteiger partial charge >= 0.3 is 81.1 Å². The number of rotatable bonds is 0. The fourth-order valence-corrected chi connectivity index (χ4v) is 0. The van der Waals surface area contributed by atoms with E-state index in [-0.39, 0.29) is 65.3 Å². The van der Waals surface area contributed by atoms with Gasteiger partial charge in [0, 0.05) is 0 Å². The van der Waals surface area contributed by atoms with Gasteiger partial charge in [0.15, 0.2) is 0 Å². The SMILES string of the molecule is O.O.[O-2].[O-2].[O]=[Ti-4]([Cl])[Cl].[Ti+4].[Ti+4]. The minimum Gasteiger partial charge on any atom is 4.00 e. The standard InChI is InChI=1S/2ClH.2H2O.3O.3Ti/h2*1H;2*1H2;;;;;;/q;;;;;3*-2;2*+4/p-2. The van der Waals surface area contributed by atoms with E-state index in [9.17, 15) is 3.32 Å². The first-order valence-electron chi connectivity index (χ1n) is 0.582. The van der Waals surface area contributed by atoms with Gasteiger partial charge in [-0.25, -0.2) is 0 Å². The zero-order valence-corrected chi connectivity index (χ0v) is 10.7. The molecule has 0 aliphatic carbocycles. The van der Waals surface area contributed by atoms with Crippen molar-refractivity contribution in [2.75, 3.05) is 0 Å². The Hall–Kier alpha value is 2.36. The molecular formula is H4Cl2O5Ti3. The van der Waals surface area contributed by atoms with Gasteiger partial charge in [0.2, 0.25) is 0 Å². The predicted octanol–water partition coefficient (Wildman–Crippen LogP) is -0.634. The fraction of sp³-hybridized carbons (Fsp3) is 0. The van der Waals surface area contributed by atoms with E-state index in [1.165, 1.54) is 0 Å². The maximum atomic E-state index is 9.23. The average molecular weight is 299 g/mol. The molecule has 0 heterocycles. The van der Waals surface area contributed by atoms with E-state index in [1.54, 1.807) is 0 Å². The zero-order valence-electron chi connectivity index (χ0n) is 4.48. The molecule has 60 valence electrons. The Balaban J connectivity index is -0.00000000300. The van der Waals surface area contributed by atoms with Crippen LogP contribution in [0.15, 0.2) is 0 Å². The second kappa shape index (κ2) is 42.4. The number of hydrogen-bond donors (Lipinski definition) is 0. The average Bonchev–Trinajstić information content (AvgIpc) is 0.811. The summed E-state index contributed by atoms with van der Waals surface area (Å²) in [6.45, 7) is 0. The molecule has 0 aliphatic rings. The van der Waals surface area contributed by atoms with Crippen LogP contribution in [0.4, 0.5) is 0 Å². The Morgan fingerprint density at radius 2 is 0.900 bits per heavy atom. The van der Waals surface area contributed by atoms with Crippen LogP contribution in [0.3, 0.4) is 0 Å². The smallest absolute Gasteiger partial charge is 4.00 e. The van der Waals surface area contributed by atoms with Gasteiger partial charge in [0.25, 0.3) is 0 Å². The molecule has 0 aromatic carbocycles. The summed E-state index contributed by atoms with van der Waals surface area (Å²) in [7, 11) is 9.30. The first-order valence-corrected chi connectivity index (χ1v) is 5.52. The molecule has 10 heavy (non-hydrogen) atoms. The molecule has 0 amide bonds. The molecule has 0 radical (unpaired) electrons. The summed E-state index contributed by atoms with van der Waals surface area (Å²) in [6.07, 6.45) is 0. The van der Waals surface area contributed by atoms with Crippen LogP contribution >= 0.6 is 18.6 Å². The summed E-state index contributed by atoms with van der Waals surface area (Å²) in [5.74, 6) is 0. The van der Waals surface area contributed by atoms with Gasteiger partial charge in [-0.1, -0.05) is 0 Å². The van der Waals surface area contributed by atoms with Gasteiger partial charge in [-0.05, 0) is 0 Å². The topological polar surface area (TPSA) is 137 Å². The third kappa shape index (κ3) is 163. The van der Waals surface area contributed by atoms with E-state index < -0.39 is 15.7 Å². The van der Waals surface area contributed by atoms with Crippen LogP contribution in [-0.2, 0) is 73.4 Å². The normalized spacial score (nSPS) is 4.40. The van der Waals surface area contributed by atoms with E-state index in [0.29, 0.717) is 0 Å². The number of halogens is 2. The first-order chi connectivity index (χ1) is 1.73. The molecule has 5 nitrogen and oxygen atoms in total. The van der Waals surface area contributed by atoms with Gasteiger partial charge in [-0.2, -0.15) is 0 Å². The van der Waals surface area contributed by atoms with Crippen molar-refractivity contribution < 1.29 is 84.4 Å². The van der Waals surface area contributed by atoms with Crippen molar-refractivity contribution in [3.63, 3.8) is 0 Å². The molecule has 0 atom stereocenters. The van der Waals surface area contributed by atoms with Crippen molar-refractivity contribution in [1.29, 1.82) is 0 Å². The molecule has 0 saturated heterocycles. The molecule has 0 saturated carbocycles. The van der Waals surface area contributed by atoms with Crippen LogP contribution in [0.5, 0.6) is 0 Å². The van der Waals surface area contributed by atoms with E-state index in [2.05, 4.69) is 18.6 Å². The Morgan fingerprint density at radius 3 is 0.900 bits per heavy atom. The molecule has 0 bridgehead atoms. The van der Waals surface area contributed by atoms with Crippen molar-refractivity contribution in [3.05, 3.63) is 0 Å². The minimum absolute atomic E-state index is 0. The van der Waals surface area contributed by atoms with E-state index >= 15 is 0 Å². The second-order valence-electron chi connectivity index (χ2n) is 0.226. The Bertz CT molecular complexity index is 37.9. The minimum atomic E-state index is -2.64. The second-order valence-corrected chi connectivity index (χ2v) is 4.56. The Labute approximate surface area is 102 Å². The van der Waals surface area contributed by atoms with Gasteiger partial charge < -0.3 is 21.9 Å². The maximum absolute atomic E-state index is 9.23. The zero-order chi connectivity index (χ0) is 3.58. The first kappa shape index (κ1) is 55.5. The van der Waals surface area contributed by atoms with Crippen LogP contribution < -0.4 is 0 Å². The summed E-state index contributed by atoms with van der Waals surface area (Å²) in [4.78, 5) is 0. The Kier molecular flexibility index (Phi) is 235. The summed E-state index contributed by atoms with van der Waals surface area (Å²) < 4.78 is 9.23. The third-order valence-corrected chi connectivity index (χ3v) is 0. The molecule has 0 spiro atoms. The van der Waals surface area contributed by atoms with Crippen molar-refractivity contribution in [3.8, 4) is 0 Å². The fourth-order valence-electron chi connectivity index (χ4n) is 0. The van der Waals surface area contributed by atoms with Crippen molar-refractivity contribution >= 4 is 18.6 Å². The van der Waals surface area contributed by atoms with E-state index in [4.69, 9.17) is 0 Å². The largest absolute Gasteiger partial charge is 4.00 e. The van der Waals surface area contributed by atoms with Crippen molar-refractivity contribution in [1.82, 2.24) is 0 Å². The maximum Gasteiger partial charge on any atom is 4.00 e. The van der Waals surface area contributed by atoms with Gasteiger partial charge in [0.1, 0.15) is 0 Å². The molecule has 0 fully saturated rings. The molecule has 0 aromatic rings. The van der Waals surface area contributed by atoms with Crippen molar-refractivity contribution in [2.45, 2.75) is 0 Å². The van der Waals surface area contributed by atoms with Gasteiger partial charge in [0.05, 0.1) is 0 Å². The van der Waals surface area contributed by atoms with Gasteiger partial charge in [-0.15, -0.1) is 0 Å². The van der Waals surface area contributed by atoms with Gasteiger partial charge in [-0.3, -0.25) is 0 Å². The quantitative estimate of drug-likeness (QED) is 0.540. The summed E-state index contributed by atoms with van der Waals surface area (Å²) in [6, 6.07) is 0. The molecule has 10 heteroatoms. The monoisotopic (exact) mass is 298 g/mol. The van der Waals surface area contributed by atoms with Crippen LogP contribution in [-0.4, -0.2) is 11.0 Å².